The molecule has 23 heavy (non-hydrogen) atoms. The van der Waals surface area contributed by atoms with Crippen LogP contribution in [0.15, 0.2) is 48.5 Å². The highest BCUT2D eigenvalue weighted by Crippen LogP contribution is 2.23. The van der Waals surface area contributed by atoms with E-state index in [2.05, 4.69) is 10.6 Å². The second kappa shape index (κ2) is 8.20. The fourth-order valence-corrected chi connectivity index (χ4v) is 2.70. The van der Waals surface area contributed by atoms with Gasteiger partial charge in [-0.2, -0.15) is 0 Å². The highest BCUT2D eigenvalue weighted by molar-refractivity contribution is 6.35. The molecule has 2 rings (SSSR count). The number of hydrogen-bond acceptors (Lipinski definition) is 3. The average Bonchev–Trinajstić information content (AvgIpc) is 2.52. The van der Waals surface area contributed by atoms with E-state index in [1.54, 1.807) is 25.1 Å². The monoisotopic (exact) mass is 352 g/mol. The lowest BCUT2D eigenvalue weighted by atomic mass is 10.1. The van der Waals surface area contributed by atoms with Crippen LogP contribution in [0.4, 0.5) is 5.69 Å². The Morgan fingerprint density at radius 1 is 1.13 bits per heavy atom. The number of anilines is 1. The fraction of sp³-hybridized carbons (Fsp3) is 0.235. The molecular formula is C17H18Cl2N2O2. The van der Waals surface area contributed by atoms with Gasteiger partial charge in [-0.15, -0.1) is 0 Å². The van der Waals surface area contributed by atoms with E-state index in [0.717, 1.165) is 5.56 Å². The van der Waals surface area contributed by atoms with Crippen LogP contribution in [-0.2, 0) is 4.79 Å². The summed E-state index contributed by atoms with van der Waals surface area (Å²) in [7, 11) is 0. The Morgan fingerprint density at radius 3 is 2.30 bits per heavy atom. The Labute approximate surface area is 145 Å². The molecule has 2 aromatic carbocycles. The van der Waals surface area contributed by atoms with E-state index in [4.69, 9.17) is 23.2 Å². The van der Waals surface area contributed by atoms with Crippen molar-refractivity contribution in [2.45, 2.75) is 19.0 Å². The number of halogens is 2. The van der Waals surface area contributed by atoms with Crippen LogP contribution in [0.5, 0.6) is 0 Å². The van der Waals surface area contributed by atoms with E-state index in [-0.39, 0.29) is 12.5 Å². The molecular weight excluding hydrogens is 335 g/mol. The van der Waals surface area contributed by atoms with Crippen molar-refractivity contribution in [3.05, 3.63) is 64.1 Å². The summed E-state index contributed by atoms with van der Waals surface area (Å²) in [5.41, 5.74) is 1.51. The predicted octanol–water partition coefficient (Wildman–Crippen LogP) is 3.64. The Hall–Kier alpha value is -1.75. The van der Waals surface area contributed by atoms with Crippen molar-refractivity contribution < 1.29 is 9.90 Å². The molecule has 4 nitrogen and oxygen atoms in total. The Balaban J connectivity index is 2.01. The number of rotatable bonds is 6. The molecule has 3 N–H and O–H groups in total. The second-order valence-corrected chi connectivity index (χ2v) is 6.05. The summed E-state index contributed by atoms with van der Waals surface area (Å²) in [6.45, 7) is 1.55. The summed E-state index contributed by atoms with van der Waals surface area (Å²) in [6, 6.07) is 13.4. The zero-order chi connectivity index (χ0) is 16.8. The minimum absolute atomic E-state index is 0.175. The molecule has 0 radical (unpaired) electrons. The second-order valence-electron chi connectivity index (χ2n) is 5.18. The van der Waals surface area contributed by atoms with Crippen LogP contribution in [0.1, 0.15) is 18.5 Å². The maximum absolute atomic E-state index is 12.3. The van der Waals surface area contributed by atoms with Gasteiger partial charge in [-0.05, 0) is 30.7 Å². The summed E-state index contributed by atoms with van der Waals surface area (Å²) < 4.78 is 0. The standard InChI is InChI=1S/C17H18Cl2N2O2/c1-11(20-15-8-13(18)7-14(19)9-15)17(23)21-16(10-22)12-5-3-2-4-6-12/h2-9,11,16,20,22H,10H2,1H3,(H,21,23). The first-order valence-electron chi connectivity index (χ1n) is 7.18. The summed E-state index contributed by atoms with van der Waals surface area (Å²) in [5, 5.41) is 16.3. The van der Waals surface area contributed by atoms with E-state index in [1.807, 2.05) is 30.3 Å². The van der Waals surface area contributed by atoms with Gasteiger partial charge in [0, 0.05) is 15.7 Å². The number of hydrogen-bond donors (Lipinski definition) is 3. The van der Waals surface area contributed by atoms with Gasteiger partial charge >= 0.3 is 0 Å². The minimum Gasteiger partial charge on any atom is -0.394 e. The molecule has 0 aliphatic heterocycles. The maximum atomic E-state index is 12.3. The Kier molecular flexibility index (Phi) is 6.28. The van der Waals surface area contributed by atoms with Crippen molar-refractivity contribution in [3.8, 4) is 0 Å². The van der Waals surface area contributed by atoms with Crippen LogP contribution in [0.3, 0.4) is 0 Å². The number of nitrogens with one attached hydrogen (secondary N) is 2. The molecule has 0 aromatic heterocycles. The van der Waals surface area contributed by atoms with Gasteiger partial charge < -0.3 is 15.7 Å². The van der Waals surface area contributed by atoms with Gasteiger partial charge in [-0.3, -0.25) is 4.79 Å². The SMILES string of the molecule is CC(Nc1cc(Cl)cc(Cl)c1)C(=O)NC(CO)c1ccccc1. The third kappa shape index (κ3) is 5.13. The first-order chi connectivity index (χ1) is 11.0. The molecule has 0 saturated carbocycles. The first-order valence-corrected chi connectivity index (χ1v) is 7.94. The average molecular weight is 353 g/mol. The van der Waals surface area contributed by atoms with Gasteiger partial charge in [0.25, 0.3) is 0 Å². The summed E-state index contributed by atoms with van der Waals surface area (Å²) in [5.74, 6) is -0.232. The van der Waals surface area contributed by atoms with E-state index >= 15 is 0 Å². The Bertz CT molecular complexity index is 645. The summed E-state index contributed by atoms with van der Waals surface area (Å²) in [6.07, 6.45) is 0. The van der Waals surface area contributed by atoms with Crippen LogP contribution >= 0.6 is 23.2 Å². The number of benzene rings is 2. The third-order valence-corrected chi connectivity index (χ3v) is 3.78. The number of carbonyl (C=O) groups is 1. The first kappa shape index (κ1) is 17.6. The van der Waals surface area contributed by atoms with Crippen molar-refractivity contribution in [2.24, 2.45) is 0 Å². The maximum Gasteiger partial charge on any atom is 0.242 e. The highest BCUT2D eigenvalue weighted by atomic mass is 35.5. The lowest BCUT2D eigenvalue weighted by molar-refractivity contribution is -0.122. The van der Waals surface area contributed by atoms with Crippen LogP contribution in [-0.4, -0.2) is 23.7 Å². The van der Waals surface area contributed by atoms with Crippen LogP contribution in [0, 0.1) is 0 Å². The van der Waals surface area contributed by atoms with E-state index < -0.39 is 12.1 Å². The van der Waals surface area contributed by atoms with Crippen molar-refractivity contribution in [3.63, 3.8) is 0 Å². The van der Waals surface area contributed by atoms with Crippen LogP contribution in [0.25, 0.3) is 0 Å². The fourth-order valence-electron chi connectivity index (χ4n) is 2.17. The zero-order valence-electron chi connectivity index (χ0n) is 12.6. The van der Waals surface area contributed by atoms with Gasteiger partial charge in [0.05, 0.1) is 12.6 Å². The van der Waals surface area contributed by atoms with Crippen LogP contribution < -0.4 is 10.6 Å². The number of carbonyl (C=O) groups excluding carboxylic acids is 1. The Morgan fingerprint density at radius 2 is 1.74 bits per heavy atom. The molecule has 2 aromatic rings. The lowest BCUT2D eigenvalue weighted by Gasteiger charge is -2.21. The third-order valence-electron chi connectivity index (χ3n) is 3.34. The molecule has 1 amide bonds. The molecule has 0 aliphatic carbocycles. The van der Waals surface area contributed by atoms with E-state index in [0.29, 0.717) is 15.7 Å². The van der Waals surface area contributed by atoms with Gasteiger partial charge in [0.1, 0.15) is 6.04 Å². The molecule has 0 heterocycles. The summed E-state index contributed by atoms with van der Waals surface area (Å²) in [4.78, 5) is 12.3. The van der Waals surface area contributed by atoms with Crippen molar-refractivity contribution in [1.29, 1.82) is 0 Å². The summed E-state index contributed by atoms with van der Waals surface area (Å²) >= 11 is 11.9. The molecule has 2 atom stereocenters. The predicted molar refractivity (Wildman–Crippen MR) is 94.0 cm³/mol. The number of amides is 1. The molecule has 2 unspecified atom stereocenters. The van der Waals surface area contributed by atoms with Gasteiger partial charge in [0.2, 0.25) is 5.91 Å². The van der Waals surface area contributed by atoms with Gasteiger partial charge in [-0.25, -0.2) is 0 Å². The smallest absolute Gasteiger partial charge is 0.242 e. The van der Waals surface area contributed by atoms with E-state index in [9.17, 15) is 9.90 Å². The zero-order valence-corrected chi connectivity index (χ0v) is 14.1. The molecule has 0 aliphatic rings. The minimum atomic E-state index is -0.512. The molecule has 122 valence electrons. The molecule has 0 saturated heterocycles. The molecule has 0 bridgehead atoms. The van der Waals surface area contributed by atoms with Crippen molar-refractivity contribution in [1.82, 2.24) is 5.32 Å². The highest BCUT2D eigenvalue weighted by Gasteiger charge is 2.18. The molecule has 6 heteroatoms. The number of aliphatic hydroxyl groups excluding tert-OH is 1. The van der Waals surface area contributed by atoms with Crippen molar-refractivity contribution in [2.75, 3.05) is 11.9 Å². The van der Waals surface area contributed by atoms with Gasteiger partial charge in [0.15, 0.2) is 0 Å². The largest absolute Gasteiger partial charge is 0.394 e. The number of aliphatic hydroxyl groups is 1. The lowest BCUT2D eigenvalue weighted by Crippen LogP contribution is -2.40. The van der Waals surface area contributed by atoms with Crippen LogP contribution in [0.2, 0.25) is 10.0 Å². The van der Waals surface area contributed by atoms with Gasteiger partial charge in [-0.1, -0.05) is 53.5 Å². The van der Waals surface area contributed by atoms with E-state index in [1.165, 1.54) is 0 Å². The normalized spacial score (nSPS) is 13.2. The quantitative estimate of drug-likeness (QED) is 0.743. The molecule has 0 fully saturated rings. The van der Waals surface area contributed by atoms with Crippen molar-refractivity contribution >= 4 is 34.8 Å². The molecule has 0 spiro atoms. The topological polar surface area (TPSA) is 61.4 Å².